The highest BCUT2D eigenvalue weighted by molar-refractivity contribution is 9.10. The predicted molar refractivity (Wildman–Crippen MR) is 158 cm³/mol. The number of hydrogen-bond donors (Lipinski definition) is 0. The summed E-state index contributed by atoms with van der Waals surface area (Å²) in [6.07, 6.45) is 1.75. The fourth-order valence-electron chi connectivity index (χ4n) is 4.72. The van der Waals surface area contributed by atoms with Crippen molar-refractivity contribution >= 4 is 66.5 Å². The molecule has 0 aliphatic carbocycles. The lowest BCUT2D eigenvalue weighted by Gasteiger charge is -2.14. The first-order valence-electron chi connectivity index (χ1n) is 12.2. The fourth-order valence-corrected chi connectivity index (χ4v) is 5.92. The maximum absolute atomic E-state index is 13.3. The number of thioether (sulfide) groups is 1. The van der Waals surface area contributed by atoms with E-state index in [0.29, 0.717) is 17.3 Å². The number of carbonyl (C=O) groups excluding carboxylic acids is 2. The molecular formula is C32H22BrNO3S. The van der Waals surface area contributed by atoms with E-state index in [9.17, 15) is 9.59 Å². The van der Waals surface area contributed by atoms with Crippen LogP contribution in [0.3, 0.4) is 0 Å². The molecular weight excluding hydrogens is 558 g/mol. The van der Waals surface area contributed by atoms with Crippen LogP contribution in [0.1, 0.15) is 16.7 Å². The van der Waals surface area contributed by atoms with Crippen LogP contribution in [0, 0.1) is 0 Å². The van der Waals surface area contributed by atoms with Crippen LogP contribution in [0.25, 0.3) is 27.6 Å². The van der Waals surface area contributed by atoms with Gasteiger partial charge in [0.25, 0.3) is 11.1 Å². The molecule has 4 nitrogen and oxygen atoms in total. The van der Waals surface area contributed by atoms with Crippen LogP contribution in [0.5, 0.6) is 5.75 Å². The van der Waals surface area contributed by atoms with E-state index in [-0.39, 0.29) is 17.7 Å². The second-order valence-corrected chi connectivity index (χ2v) is 10.9. The molecule has 1 fully saturated rings. The van der Waals surface area contributed by atoms with Gasteiger partial charge >= 0.3 is 0 Å². The Kier molecular flexibility index (Phi) is 6.75. The van der Waals surface area contributed by atoms with Crippen molar-refractivity contribution in [2.45, 2.75) is 13.2 Å². The third kappa shape index (κ3) is 4.85. The molecule has 6 rings (SSSR count). The molecule has 186 valence electrons. The lowest BCUT2D eigenvalue weighted by atomic mass is 10.0. The number of benzene rings is 5. The highest BCUT2D eigenvalue weighted by atomic mass is 79.9. The Morgan fingerprint density at radius 3 is 2.13 bits per heavy atom. The number of amides is 2. The molecule has 0 unspecified atom stereocenters. The van der Waals surface area contributed by atoms with E-state index in [1.165, 1.54) is 4.90 Å². The standard InChI is InChI=1S/C32H22BrNO3S/c33-26-15-16-29(37-20-24-12-6-10-22-8-2-4-14-28(22)24)25(17-26)18-30-31(35)34(32(36)38-30)19-23-11-5-9-21-7-1-3-13-27(21)23/h1-18H,19-20H2/b30-18-. The predicted octanol–water partition coefficient (Wildman–Crippen LogP) is 8.57. The summed E-state index contributed by atoms with van der Waals surface area (Å²) < 4.78 is 7.10. The zero-order chi connectivity index (χ0) is 26.1. The zero-order valence-corrected chi connectivity index (χ0v) is 22.7. The summed E-state index contributed by atoms with van der Waals surface area (Å²) in [5.41, 5.74) is 2.75. The monoisotopic (exact) mass is 579 g/mol. The van der Waals surface area contributed by atoms with E-state index in [1.807, 2.05) is 78.9 Å². The average Bonchev–Trinajstić information content (AvgIpc) is 3.20. The van der Waals surface area contributed by atoms with Gasteiger partial charge in [0.05, 0.1) is 11.4 Å². The maximum atomic E-state index is 13.3. The molecule has 1 saturated heterocycles. The molecule has 0 bridgehead atoms. The van der Waals surface area contributed by atoms with Crippen molar-refractivity contribution in [2.75, 3.05) is 0 Å². The van der Waals surface area contributed by atoms with Gasteiger partial charge in [0.1, 0.15) is 12.4 Å². The van der Waals surface area contributed by atoms with Crippen molar-refractivity contribution in [3.05, 3.63) is 129 Å². The van der Waals surface area contributed by atoms with Crippen molar-refractivity contribution in [3.63, 3.8) is 0 Å². The summed E-state index contributed by atoms with van der Waals surface area (Å²) in [7, 11) is 0. The van der Waals surface area contributed by atoms with Gasteiger partial charge in [-0.3, -0.25) is 14.5 Å². The summed E-state index contributed by atoms with van der Waals surface area (Å²) >= 11 is 4.49. The average molecular weight is 581 g/mol. The van der Waals surface area contributed by atoms with Crippen LogP contribution in [0.15, 0.2) is 113 Å². The topological polar surface area (TPSA) is 46.6 Å². The third-order valence-electron chi connectivity index (χ3n) is 6.60. The summed E-state index contributed by atoms with van der Waals surface area (Å²) in [6, 6.07) is 34.0. The number of hydrogen-bond acceptors (Lipinski definition) is 4. The number of imide groups is 1. The van der Waals surface area contributed by atoms with E-state index in [0.717, 1.165) is 54.5 Å². The number of fused-ring (bicyclic) bond motifs is 2. The first kappa shape index (κ1) is 24.5. The summed E-state index contributed by atoms with van der Waals surface area (Å²) in [4.78, 5) is 27.9. The number of rotatable bonds is 6. The van der Waals surface area contributed by atoms with Gasteiger partial charge in [-0.25, -0.2) is 0 Å². The molecule has 0 radical (unpaired) electrons. The molecule has 0 saturated carbocycles. The Morgan fingerprint density at radius 1 is 0.763 bits per heavy atom. The minimum atomic E-state index is -0.298. The van der Waals surface area contributed by atoms with Gasteiger partial charge in [-0.1, -0.05) is 101 Å². The molecule has 0 spiro atoms. The Morgan fingerprint density at radius 2 is 1.39 bits per heavy atom. The van der Waals surface area contributed by atoms with Crippen LogP contribution in [-0.4, -0.2) is 16.0 Å². The van der Waals surface area contributed by atoms with Gasteiger partial charge < -0.3 is 4.74 Å². The maximum Gasteiger partial charge on any atom is 0.293 e. The lowest BCUT2D eigenvalue weighted by molar-refractivity contribution is -0.123. The second-order valence-electron chi connectivity index (χ2n) is 9.02. The van der Waals surface area contributed by atoms with Crippen LogP contribution in [-0.2, 0) is 17.9 Å². The molecule has 0 N–H and O–H groups in total. The minimum absolute atomic E-state index is 0.228. The van der Waals surface area contributed by atoms with E-state index < -0.39 is 0 Å². The van der Waals surface area contributed by atoms with Crippen LogP contribution in [0.2, 0.25) is 0 Å². The summed E-state index contributed by atoms with van der Waals surface area (Å²) in [5.74, 6) is 0.342. The van der Waals surface area contributed by atoms with Gasteiger partial charge in [0, 0.05) is 10.0 Å². The van der Waals surface area contributed by atoms with Gasteiger partial charge in [0.15, 0.2) is 0 Å². The van der Waals surface area contributed by atoms with Gasteiger partial charge in [-0.05, 0) is 68.7 Å². The van der Waals surface area contributed by atoms with Crippen molar-refractivity contribution in [1.82, 2.24) is 4.90 Å². The van der Waals surface area contributed by atoms with Crippen molar-refractivity contribution in [1.29, 1.82) is 0 Å². The third-order valence-corrected chi connectivity index (χ3v) is 8.00. The Bertz CT molecular complexity index is 1740. The molecule has 1 aliphatic rings. The molecule has 38 heavy (non-hydrogen) atoms. The SMILES string of the molecule is O=C1S/C(=C\c2cc(Br)ccc2OCc2cccc3ccccc23)C(=O)N1Cc1cccc2ccccc12. The quantitative estimate of drug-likeness (QED) is 0.189. The first-order chi connectivity index (χ1) is 18.6. The fraction of sp³-hybridized carbons (Fsp3) is 0.0625. The van der Waals surface area contributed by atoms with Gasteiger partial charge in [0.2, 0.25) is 0 Å². The number of halogens is 1. The van der Waals surface area contributed by atoms with E-state index in [4.69, 9.17) is 4.74 Å². The highest BCUT2D eigenvalue weighted by Gasteiger charge is 2.35. The lowest BCUT2D eigenvalue weighted by Crippen LogP contribution is -2.27. The van der Waals surface area contributed by atoms with Crippen molar-refractivity contribution in [2.24, 2.45) is 0 Å². The smallest absolute Gasteiger partial charge is 0.293 e. The summed E-state index contributed by atoms with van der Waals surface area (Å²) in [6.45, 7) is 0.610. The number of nitrogens with zero attached hydrogens (tertiary/aromatic N) is 1. The Balaban J connectivity index is 1.26. The van der Waals surface area contributed by atoms with Crippen LogP contribution in [0.4, 0.5) is 4.79 Å². The van der Waals surface area contributed by atoms with Crippen molar-refractivity contribution in [3.8, 4) is 5.75 Å². The molecule has 0 aromatic heterocycles. The Labute approximate surface area is 233 Å². The molecule has 1 heterocycles. The van der Waals surface area contributed by atoms with Crippen LogP contribution >= 0.6 is 27.7 Å². The molecule has 2 amide bonds. The molecule has 0 atom stereocenters. The largest absolute Gasteiger partial charge is 0.488 e. The van der Waals surface area contributed by atoms with Gasteiger partial charge in [-0.2, -0.15) is 0 Å². The molecule has 6 heteroatoms. The molecule has 5 aromatic carbocycles. The normalized spacial score (nSPS) is 14.7. The molecule has 5 aromatic rings. The highest BCUT2D eigenvalue weighted by Crippen LogP contribution is 2.36. The number of ether oxygens (including phenoxy) is 1. The zero-order valence-electron chi connectivity index (χ0n) is 20.3. The van der Waals surface area contributed by atoms with Crippen molar-refractivity contribution < 1.29 is 14.3 Å². The number of carbonyl (C=O) groups is 2. The first-order valence-corrected chi connectivity index (χ1v) is 13.8. The molecule has 1 aliphatic heterocycles. The van der Waals surface area contributed by atoms with E-state index in [1.54, 1.807) is 6.08 Å². The van der Waals surface area contributed by atoms with Crippen LogP contribution < -0.4 is 4.74 Å². The minimum Gasteiger partial charge on any atom is -0.488 e. The second kappa shape index (κ2) is 10.5. The van der Waals surface area contributed by atoms with Gasteiger partial charge in [-0.15, -0.1) is 0 Å². The Hall–Kier alpha value is -3.87. The summed E-state index contributed by atoms with van der Waals surface area (Å²) in [5, 5.41) is 4.14. The van der Waals surface area contributed by atoms with E-state index in [2.05, 4.69) is 40.2 Å². The van der Waals surface area contributed by atoms with E-state index >= 15 is 0 Å².